The number of hydrogen-bond donors (Lipinski definition) is 2. The third-order valence-corrected chi connectivity index (χ3v) is 10.4. The average molecular weight is 540 g/mol. The van der Waals surface area contributed by atoms with Crippen LogP contribution in [0, 0.1) is 16.7 Å². The van der Waals surface area contributed by atoms with Crippen molar-refractivity contribution in [2.75, 3.05) is 12.3 Å². The lowest BCUT2D eigenvalue weighted by atomic mass is 9.70. The van der Waals surface area contributed by atoms with Gasteiger partial charge in [0.15, 0.2) is 0 Å². The molecule has 1 aromatic heterocycles. The van der Waals surface area contributed by atoms with Gasteiger partial charge in [0.2, 0.25) is 0 Å². The Bertz CT molecular complexity index is 1240. The number of carbonyl (C=O) groups excluding carboxylic acids is 1. The van der Waals surface area contributed by atoms with Gasteiger partial charge in [0.1, 0.15) is 11.8 Å². The van der Waals surface area contributed by atoms with E-state index in [0.717, 1.165) is 19.4 Å². The van der Waals surface area contributed by atoms with Gasteiger partial charge in [-0.3, -0.25) is 19.0 Å². The smallest absolute Gasteiger partial charge is 0.325 e. The number of carboxylic acids is 1. The predicted octanol–water partition coefficient (Wildman–Crippen LogP) is 4.86. The van der Waals surface area contributed by atoms with Gasteiger partial charge in [0.25, 0.3) is 10.1 Å². The topological polar surface area (TPSA) is 112 Å². The molecule has 0 amide bonds. The maximum atomic E-state index is 11.9. The molecular weight excluding hydrogens is 510 g/mol. The van der Waals surface area contributed by atoms with Crippen molar-refractivity contribution in [3.8, 4) is 0 Å². The van der Waals surface area contributed by atoms with Gasteiger partial charge in [-0.15, -0.1) is 11.3 Å². The Balaban J connectivity index is 0.000000172. The summed E-state index contributed by atoms with van der Waals surface area (Å²) in [5.41, 5.74) is 0.783. The summed E-state index contributed by atoms with van der Waals surface area (Å²) in [6, 6.07) is 8.58. The van der Waals surface area contributed by atoms with Gasteiger partial charge in [-0.25, -0.2) is 0 Å². The minimum atomic E-state index is -4.08. The highest BCUT2D eigenvalue weighted by Crippen LogP contribution is 2.64. The van der Waals surface area contributed by atoms with Crippen LogP contribution in [0.1, 0.15) is 55.2 Å². The van der Waals surface area contributed by atoms with Crippen molar-refractivity contribution in [2.45, 2.75) is 52.1 Å². The maximum absolute atomic E-state index is 11.9. The Morgan fingerprint density at radius 3 is 2.57 bits per heavy atom. The van der Waals surface area contributed by atoms with Crippen LogP contribution in [0.4, 0.5) is 0 Å². The summed E-state index contributed by atoms with van der Waals surface area (Å²) in [6.07, 6.45) is 2.88. The fourth-order valence-electron chi connectivity index (χ4n) is 6.09. The van der Waals surface area contributed by atoms with Crippen LogP contribution in [-0.2, 0) is 32.7 Å². The van der Waals surface area contributed by atoms with Crippen molar-refractivity contribution in [1.82, 2.24) is 4.90 Å². The molecule has 35 heavy (non-hydrogen) atoms. The zero-order valence-corrected chi connectivity index (χ0v) is 22.1. The third-order valence-electron chi connectivity index (χ3n) is 8.20. The fourth-order valence-corrected chi connectivity index (χ4v) is 8.52. The molecule has 1 aliphatic heterocycles. The first-order chi connectivity index (χ1) is 16.4. The number of nitrogens with zero attached hydrogens (tertiary/aromatic N) is 1. The number of halogens is 1. The molecule has 1 unspecified atom stereocenters. The van der Waals surface area contributed by atoms with Crippen molar-refractivity contribution in [3.63, 3.8) is 0 Å². The van der Waals surface area contributed by atoms with Gasteiger partial charge in [0, 0.05) is 29.4 Å². The van der Waals surface area contributed by atoms with Gasteiger partial charge in [-0.05, 0) is 59.2 Å². The van der Waals surface area contributed by atoms with Crippen LogP contribution in [-0.4, -0.2) is 47.0 Å². The SMILES string of the molecule is CC1(C)C2CC[C@@]1(CS(=O)(=O)O)C(=O)C2.O=C(O)[C@H](c1ccccc1Cl)N1CCc2sccc2C1. The number of benzene rings is 1. The van der Waals surface area contributed by atoms with E-state index in [1.165, 1.54) is 10.4 Å². The van der Waals surface area contributed by atoms with Crippen molar-refractivity contribution in [3.05, 3.63) is 56.7 Å². The Hall–Kier alpha value is -1.78. The second-order valence-electron chi connectivity index (χ2n) is 10.2. The highest BCUT2D eigenvalue weighted by molar-refractivity contribution is 7.85. The molecule has 2 bridgehead atoms. The Kier molecular flexibility index (Phi) is 7.20. The van der Waals surface area contributed by atoms with Crippen LogP contribution in [0.25, 0.3) is 0 Å². The molecule has 2 aromatic rings. The van der Waals surface area contributed by atoms with E-state index in [0.29, 0.717) is 30.0 Å². The number of carbonyl (C=O) groups is 2. The van der Waals surface area contributed by atoms with Crippen LogP contribution in [0.2, 0.25) is 5.02 Å². The minimum absolute atomic E-state index is 0.0152. The fraction of sp³-hybridized carbons (Fsp3) is 0.520. The highest BCUT2D eigenvalue weighted by Gasteiger charge is 2.65. The molecule has 7 nitrogen and oxygen atoms in total. The molecule has 10 heteroatoms. The summed E-state index contributed by atoms with van der Waals surface area (Å²) >= 11 is 7.92. The van der Waals surface area contributed by atoms with Crippen LogP contribution in [0.15, 0.2) is 35.7 Å². The lowest BCUT2D eigenvalue weighted by molar-refractivity contribution is -0.144. The molecule has 5 rings (SSSR count). The number of aliphatic carboxylic acids is 1. The van der Waals surface area contributed by atoms with Gasteiger partial charge in [0.05, 0.1) is 11.2 Å². The van der Waals surface area contributed by atoms with Gasteiger partial charge < -0.3 is 5.11 Å². The monoisotopic (exact) mass is 539 g/mol. The second-order valence-corrected chi connectivity index (χ2v) is 13.1. The van der Waals surface area contributed by atoms with Crippen molar-refractivity contribution >= 4 is 44.8 Å². The Labute approximate surface area is 214 Å². The van der Waals surface area contributed by atoms with E-state index in [1.54, 1.807) is 23.5 Å². The average Bonchev–Trinajstić information content (AvgIpc) is 3.37. The quantitative estimate of drug-likeness (QED) is 0.522. The van der Waals surface area contributed by atoms with Crippen molar-refractivity contribution in [1.29, 1.82) is 0 Å². The number of carboxylic acid groups (broad SMARTS) is 1. The predicted molar refractivity (Wildman–Crippen MR) is 135 cm³/mol. The summed E-state index contributed by atoms with van der Waals surface area (Å²) in [5.74, 6) is -0.951. The second kappa shape index (κ2) is 9.59. The molecule has 2 saturated carbocycles. The molecule has 0 spiro atoms. The van der Waals surface area contributed by atoms with E-state index in [-0.39, 0.29) is 17.1 Å². The van der Waals surface area contributed by atoms with E-state index in [9.17, 15) is 23.1 Å². The van der Waals surface area contributed by atoms with Gasteiger partial charge >= 0.3 is 5.97 Å². The van der Waals surface area contributed by atoms with E-state index < -0.39 is 33.3 Å². The number of thiophene rings is 1. The molecule has 2 N–H and O–H groups in total. The van der Waals surface area contributed by atoms with Gasteiger partial charge in [-0.2, -0.15) is 8.42 Å². The highest BCUT2D eigenvalue weighted by atomic mass is 35.5. The van der Waals surface area contributed by atoms with Crippen molar-refractivity contribution < 1.29 is 27.7 Å². The molecule has 2 fully saturated rings. The van der Waals surface area contributed by atoms with Crippen LogP contribution < -0.4 is 0 Å². The molecule has 3 atom stereocenters. The number of rotatable bonds is 5. The lowest BCUT2D eigenvalue weighted by Crippen LogP contribution is -2.42. The summed E-state index contributed by atoms with van der Waals surface area (Å²) in [5, 5.41) is 12.2. The molecule has 1 aromatic carbocycles. The summed E-state index contributed by atoms with van der Waals surface area (Å²) in [7, 11) is -4.08. The summed E-state index contributed by atoms with van der Waals surface area (Å²) in [4.78, 5) is 26.9. The summed E-state index contributed by atoms with van der Waals surface area (Å²) < 4.78 is 31.0. The zero-order chi connectivity index (χ0) is 25.6. The molecule has 2 heterocycles. The molecule has 3 aliphatic rings. The number of hydrogen-bond acceptors (Lipinski definition) is 6. The lowest BCUT2D eigenvalue weighted by Gasteiger charge is -2.35. The van der Waals surface area contributed by atoms with E-state index in [2.05, 4.69) is 11.4 Å². The van der Waals surface area contributed by atoms with E-state index >= 15 is 0 Å². The summed E-state index contributed by atoms with van der Waals surface area (Å²) in [6.45, 7) is 5.30. The minimum Gasteiger partial charge on any atom is -0.480 e. The number of Topliss-reactive ketones (excluding diaryl/α,β-unsaturated/α-hetero) is 1. The number of fused-ring (bicyclic) bond motifs is 3. The van der Waals surface area contributed by atoms with E-state index in [1.807, 2.05) is 30.9 Å². The van der Waals surface area contributed by atoms with Crippen LogP contribution in [0.3, 0.4) is 0 Å². The maximum Gasteiger partial charge on any atom is 0.325 e. The van der Waals surface area contributed by atoms with Crippen LogP contribution >= 0.6 is 22.9 Å². The Morgan fingerprint density at radius 2 is 2.00 bits per heavy atom. The molecular formula is C25H30ClNO6S2. The first-order valence-corrected chi connectivity index (χ1v) is 14.5. The van der Waals surface area contributed by atoms with Gasteiger partial charge in [-0.1, -0.05) is 43.6 Å². The first kappa shape index (κ1) is 26.3. The number of ketones is 1. The largest absolute Gasteiger partial charge is 0.480 e. The van der Waals surface area contributed by atoms with Crippen molar-refractivity contribution in [2.24, 2.45) is 16.7 Å². The van der Waals surface area contributed by atoms with E-state index in [4.69, 9.17) is 16.2 Å². The van der Waals surface area contributed by atoms with Crippen LogP contribution in [0.5, 0.6) is 0 Å². The Morgan fingerprint density at radius 1 is 1.29 bits per heavy atom. The molecule has 0 saturated heterocycles. The first-order valence-electron chi connectivity index (χ1n) is 11.6. The molecule has 0 radical (unpaired) electrons. The molecule has 190 valence electrons. The third kappa shape index (κ3) is 4.93. The zero-order valence-electron chi connectivity index (χ0n) is 19.7. The molecule has 2 aliphatic carbocycles. The standard InChI is InChI=1S/C15H14ClNO2S.C10H16O4S/c16-12-4-2-1-3-11(12)14(15(18)19)17-7-5-13-10(9-17)6-8-20-13;1-9(2)7-3-4-10(9,8(11)5-7)6-15(12,13)14/h1-4,6,8,14H,5,7,9H2,(H,18,19);7H,3-6H2,1-2H3,(H,12,13,14)/t14-;7?,10-/m01/s1. The normalized spacial score (nSPS) is 26.1.